The fourth-order valence-corrected chi connectivity index (χ4v) is 3.45. The highest BCUT2D eigenvalue weighted by molar-refractivity contribution is 8.14. The summed E-state index contributed by atoms with van der Waals surface area (Å²) in [5.41, 5.74) is -1.08. The average molecular weight is 478 g/mol. The molecule has 0 unspecified atom stereocenters. The number of thioether (sulfide) groups is 1. The van der Waals surface area contributed by atoms with E-state index in [1.165, 1.54) is 26.0 Å². The number of benzene rings is 1. The van der Waals surface area contributed by atoms with Crippen molar-refractivity contribution in [1.29, 1.82) is 0 Å². The first-order valence-electron chi connectivity index (χ1n) is 9.21. The topological polar surface area (TPSA) is 182 Å². The number of aromatic hydroxyl groups is 1. The highest BCUT2D eigenvalue weighted by Gasteiger charge is 2.35. The maximum atomic E-state index is 12.0. The Labute approximate surface area is 183 Å². The minimum atomic E-state index is -4.74. The molecule has 1 atom stereocenters. The van der Waals surface area contributed by atoms with Gasteiger partial charge in [-0.05, 0) is 12.1 Å². The van der Waals surface area contributed by atoms with Crippen LogP contribution in [0.4, 0.5) is 0 Å². The van der Waals surface area contributed by atoms with Crippen LogP contribution in [0.15, 0.2) is 24.3 Å². The lowest BCUT2D eigenvalue weighted by Gasteiger charge is -2.29. The van der Waals surface area contributed by atoms with E-state index in [4.69, 9.17) is 9.79 Å². The first-order chi connectivity index (χ1) is 14.3. The number of phenols is 1. The molecule has 0 aliphatic carbocycles. The molecule has 11 nitrogen and oxygen atoms in total. The Kier molecular flexibility index (Phi) is 10.6. The second-order valence-electron chi connectivity index (χ2n) is 7.20. The number of aliphatic hydroxyl groups excluding tert-OH is 1. The second-order valence-corrected chi connectivity index (χ2v) is 9.51. The Hall–Kier alpha value is -1.95. The molecule has 13 heteroatoms. The Morgan fingerprint density at radius 3 is 2.42 bits per heavy atom. The molecule has 0 aliphatic rings. The van der Waals surface area contributed by atoms with Gasteiger partial charge in [0.2, 0.25) is 16.9 Å². The number of nitrogens with one attached hydrogen (secondary N) is 2. The van der Waals surface area contributed by atoms with Crippen LogP contribution in [-0.2, 0) is 18.7 Å². The lowest BCUT2D eigenvalue weighted by atomic mass is 9.87. The normalized spacial score (nSPS) is 12.8. The first kappa shape index (κ1) is 27.1. The highest BCUT2D eigenvalue weighted by atomic mass is 32.2. The molecule has 0 radical (unpaired) electrons. The van der Waals surface area contributed by atoms with Gasteiger partial charge in [0.15, 0.2) is 0 Å². The van der Waals surface area contributed by atoms with Gasteiger partial charge in [0.05, 0.1) is 12.2 Å². The monoisotopic (exact) mass is 478 g/mol. The standard InChI is InChI=1S/C18H27N2O9PS/c1-18(2,11-29-30(26,27)28)15(23)16(24)20-8-7-14(22)19-9-10-31-17(25)12-5-3-4-6-13(12)21/h3-6,15,21,23H,7-11H2,1-2H3,(H,19,22)(H,20,24)(H2,26,27,28)/t15-/m0/s1. The maximum Gasteiger partial charge on any atom is 0.469 e. The minimum Gasteiger partial charge on any atom is -0.507 e. The fraction of sp³-hybridized carbons (Fsp3) is 0.500. The maximum absolute atomic E-state index is 12.0. The molecule has 0 spiro atoms. The summed E-state index contributed by atoms with van der Waals surface area (Å²) in [5.74, 6) is -1.01. The number of phosphoric ester groups is 1. The minimum absolute atomic E-state index is 0.0683. The van der Waals surface area contributed by atoms with Gasteiger partial charge in [0, 0.05) is 30.7 Å². The van der Waals surface area contributed by atoms with Gasteiger partial charge in [0.1, 0.15) is 11.9 Å². The van der Waals surface area contributed by atoms with Crippen LogP contribution in [0.5, 0.6) is 5.75 Å². The zero-order valence-electron chi connectivity index (χ0n) is 17.1. The molecule has 1 aromatic rings. The van der Waals surface area contributed by atoms with E-state index in [0.29, 0.717) is 0 Å². The van der Waals surface area contributed by atoms with Crippen LogP contribution in [0.2, 0.25) is 0 Å². The largest absolute Gasteiger partial charge is 0.507 e. The van der Waals surface area contributed by atoms with Crippen LogP contribution in [0.1, 0.15) is 30.6 Å². The van der Waals surface area contributed by atoms with Crippen molar-refractivity contribution in [3.05, 3.63) is 29.8 Å². The van der Waals surface area contributed by atoms with Gasteiger partial charge in [0.25, 0.3) is 0 Å². The zero-order valence-corrected chi connectivity index (χ0v) is 18.8. The molecular weight excluding hydrogens is 451 g/mol. The number of hydrogen-bond acceptors (Lipinski definition) is 8. The Balaban J connectivity index is 2.27. The molecule has 6 N–H and O–H groups in total. The summed E-state index contributed by atoms with van der Waals surface area (Å²) in [6.45, 7) is 2.37. The van der Waals surface area contributed by atoms with Crippen molar-refractivity contribution in [2.45, 2.75) is 26.4 Å². The SMILES string of the molecule is CC(C)(COP(=O)(O)O)[C@@H](O)C(=O)NCCC(=O)NCCSC(=O)c1ccccc1O. The third-order valence-electron chi connectivity index (χ3n) is 4.03. The van der Waals surface area contributed by atoms with Crippen molar-refractivity contribution in [2.24, 2.45) is 5.41 Å². The molecule has 0 saturated heterocycles. The summed E-state index contributed by atoms with van der Waals surface area (Å²) in [4.78, 5) is 53.2. The lowest BCUT2D eigenvalue weighted by Crippen LogP contribution is -2.46. The summed E-state index contributed by atoms with van der Waals surface area (Å²) in [6, 6.07) is 6.14. The van der Waals surface area contributed by atoms with Gasteiger partial charge in [-0.2, -0.15) is 0 Å². The number of hydrogen-bond donors (Lipinski definition) is 6. The zero-order chi connectivity index (χ0) is 23.7. The van der Waals surface area contributed by atoms with Crippen LogP contribution < -0.4 is 10.6 Å². The second kappa shape index (κ2) is 12.2. The van der Waals surface area contributed by atoms with Crippen molar-refractivity contribution < 1.29 is 43.5 Å². The van der Waals surface area contributed by atoms with Crippen molar-refractivity contribution in [3.63, 3.8) is 0 Å². The third-order valence-corrected chi connectivity index (χ3v) is 5.38. The number of amides is 2. The van der Waals surface area contributed by atoms with Crippen molar-refractivity contribution in [3.8, 4) is 5.75 Å². The number of para-hydroxylation sites is 1. The van der Waals surface area contributed by atoms with Gasteiger partial charge in [-0.1, -0.05) is 37.7 Å². The molecule has 0 heterocycles. The Morgan fingerprint density at radius 1 is 1.16 bits per heavy atom. The van der Waals surface area contributed by atoms with Gasteiger partial charge < -0.3 is 30.6 Å². The van der Waals surface area contributed by atoms with Gasteiger partial charge in [-0.15, -0.1) is 0 Å². The predicted octanol–water partition coefficient (Wildman–Crippen LogP) is 0.384. The van der Waals surface area contributed by atoms with E-state index in [1.54, 1.807) is 12.1 Å². The quantitative estimate of drug-likeness (QED) is 0.181. The number of phosphoric acid groups is 1. The third kappa shape index (κ3) is 10.3. The number of aliphatic hydroxyl groups is 1. The number of rotatable bonds is 12. The first-order valence-corrected chi connectivity index (χ1v) is 11.7. The number of carbonyl (C=O) groups is 3. The summed E-state index contributed by atoms with van der Waals surface area (Å²) in [7, 11) is -4.74. The molecule has 0 saturated carbocycles. The summed E-state index contributed by atoms with van der Waals surface area (Å²) in [5, 5.41) is 24.3. The summed E-state index contributed by atoms with van der Waals surface area (Å²) < 4.78 is 15.1. The van der Waals surface area contributed by atoms with Gasteiger partial charge in [-0.25, -0.2) is 4.57 Å². The van der Waals surface area contributed by atoms with E-state index in [1.807, 2.05) is 0 Å². The van der Waals surface area contributed by atoms with Crippen LogP contribution in [0, 0.1) is 5.41 Å². The molecule has 174 valence electrons. The molecular formula is C18H27N2O9PS. The fourth-order valence-electron chi connectivity index (χ4n) is 2.23. The molecule has 2 amide bonds. The van der Waals surface area contributed by atoms with Crippen molar-refractivity contribution in [1.82, 2.24) is 10.6 Å². The Morgan fingerprint density at radius 2 is 1.81 bits per heavy atom. The molecule has 31 heavy (non-hydrogen) atoms. The van der Waals surface area contributed by atoms with Crippen molar-refractivity contribution in [2.75, 3.05) is 25.4 Å². The van der Waals surface area contributed by atoms with Crippen LogP contribution in [-0.4, -0.2) is 68.5 Å². The van der Waals surface area contributed by atoms with E-state index in [2.05, 4.69) is 15.2 Å². The van der Waals surface area contributed by atoms with E-state index in [-0.39, 0.29) is 47.6 Å². The summed E-state index contributed by atoms with van der Waals surface area (Å²) in [6.07, 6.45) is -1.69. The van der Waals surface area contributed by atoms with E-state index in [0.717, 1.165) is 11.8 Å². The molecule has 0 aromatic heterocycles. The van der Waals surface area contributed by atoms with Gasteiger partial charge >= 0.3 is 7.82 Å². The Bertz CT molecular complexity index is 828. The number of phenolic OH excluding ortho intramolecular Hbond substituents is 1. The highest BCUT2D eigenvalue weighted by Crippen LogP contribution is 2.38. The molecule has 0 bridgehead atoms. The van der Waals surface area contributed by atoms with E-state index < -0.39 is 31.9 Å². The predicted molar refractivity (Wildman–Crippen MR) is 113 cm³/mol. The molecule has 1 aromatic carbocycles. The molecule has 0 fully saturated rings. The summed E-state index contributed by atoms with van der Waals surface area (Å²) >= 11 is 0.943. The molecule has 0 aliphatic heterocycles. The molecule has 1 rings (SSSR count). The van der Waals surface area contributed by atoms with E-state index >= 15 is 0 Å². The lowest BCUT2D eigenvalue weighted by molar-refractivity contribution is -0.137. The van der Waals surface area contributed by atoms with Crippen LogP contribution >= 0.6 is 19.6 Å². The number of carbonyl (C=O) groups excluding carboxylic acids is 3. The van der Waals surface area contributed by atoms with Crippen LogP contribution in [0.25, 0.3) is 0 Å². The van der Waals surface area contributed by atoms with Gasteiger partial charge in [-0.3, -0.25) is 18.9 Å². The average Bonchev–Trinajstić information content (AvgIpc) is 2.68. The van der Waals surface area contributed by atoms with Crippen LogP contribution in [0.3, 0.4) is 0 Å². The van der Waals surface area contributed by atoms with E-state index in [9.17, 15) is 29.2 Å². The smallest absolute Gasteiger partial charge is 0.469 e. The van der Waals surface area contributed by atoms with Crippen molar-refractivity contribution >= 4 is 36.5 Å².